The average molecular weight is 298 g/mol. The Kier molecular flexibility index (Phi) is 3.76. The van der Waals surface area contributed by atoms with E-state index in [4.69, 9.17) is 9.47 Å². The number of carbonyl (C=O) groups is 1. The average Bonchev–Trinajstić information content (AvgIpc) is 3.23. The molecule has 1 N–H and O–H groups in total. The van der Waals surface area contributed by atoms with Crippen molar-refractivity contribution in [3.8, 4) is 17.6 Å². The number of benzene rings is 1. The Hall–Kier alpha value is -2.48. The summed E-state index contributed by atoms with van der Waals surface area (Å²) in [6, 6.07) is 5.93. The number of nitrogens with zero attached hydrogens (tertiary/aromatic N) is 1. The van der Waals surface area contributed by atoms with Gasteiger partial charge in [0.1, 0.15) is 29.2 Å². The predicted octanol–water partition coefficient (Wildman–Crippen LogP) is 2.20. The third-order valence-corrected chi connectivity index (χ3v) is 3.83. The van der Waals surface area contributed by atoms with Crippen molar-refractivity contribution >= 4 is 12.0 Å². The van der Waals surface area contributed by atoms with Gasteiger partial charge in [-0.1, -0.05) is 0 Å². The number of amides is 1. The lowest BCUT2D eigenvalue weighted by Crippen LogP contribution is -2.26. The lowest BCUT2D eigenvalue weighted by molar-refractivity contribution is -0.117. The largest absolute Gasteiger partial charge is 0.496 e. The van der Waals surface area contributed by atoms with E-state index in [2.05, 4.69) is 5.32 Å². The molecule has 0 radical (unpaired) electrons. The van der Waals surface area contributed by atoms with E-state index in [-0.39, 0.29) is 23.6 Å². The van der Waals surface area contributed by atoms with Crippen LogP contribution in [0.2, 0.25) is 0 Å². The Morgan fingerprint density at radius 3 is 2.91 bits per heavy atom. The highest BCUT2D eigenvalue weighted by molar-refractivity contribution is 6.02. The summed E-state index contributed by atoms with van der Waals surface area (Å²) in [5.41, 5.74) is 1.84. The van der Waals surface area contributed by atoms with Gasteiger partial charge in [-0.3, -0.25) is 4.79 Å². The van der Waals surface area contributed by atoms with E-state index in [9.17, 15) is 10.1 Å². The van der Waals surface area contributed by atoms with Crippen molar-refractivity contribution in [2.24, 2.45) is 0 Å². The zero-order valence-electron chi connectivity index (χ0n) is 12.7. The molecule has 0 spiro atoms. The second-order valence-corrected chi connectivity index (χ2v) is 5.75. The first-order valence-corrected chi connectivity index (χ1v) is 7.41. The van der Waals surface area contributed by atoms with Gasteiger partial charge >= 0.3 is 0 Å². The molecule has 5 nitrogen and oxygen atoms in total. The molecule has 22 heavy (non-hydrogen) atoms. The van der Waals surface area contributed by atoms with Gasteiger partial charge in [0.2, 0.25) is 0 Å². The normalized spacial score (nSPS) is 19.9. The van der Waals surface area contributed by atoms with Crippen LogP contribution in [0.25, 0.3) is 6.08 Å². The standard InChI is InChI=1S/C17H18N2O3/c1-10-5-11-7-15(21-2)12(8-16(11)22-10)6-13(9-18)17(20)19-14-3-4-14/h6-8,10,14H,3-5H2,1-2H3,(H,19,20)/b13-6+. The number of rotatable bonds is 4. The topological polar surface area (TPSA) is 71.3 Å². The van der Waals surface area contributed by atoms with Crippen molar-refractivity contribution in [2.75, 3.05) is 7.11 Å². The first kappa shape index (κ1) is 14.5. The van der Waals surface area contributed by atoms with Gasteiger partial charge in [0.25, 0.3) is 5.91 Å². The van der Waals surface area contributed by atoms with Crippen molar-refractivity contribution < 1.29 is 14.3 Å². The number of fused-ring (bicyclic) bond motifs is 1. The molecular weight excluding hydrogens is 280 g/mol. The zero-order chi connectivity index (χ0) is 15.7. The summed E-state index contributed by atoms with van der Waals surface area (Å²) in [6.45, 7) is 2.01. The van der Waals surface area contributed by atoms with E-state index in [1.165, 1.54) is 0 Å². The molecule has 1 amide bonds. The van der Waals surface area contributed by atoms with E-state index >= 15 is 0 Å². The molecule has 1 fully saturated rings. The summed E-state index contributed by atoms with van der Waals surface area (Å²) in [7, 11) is 1.58. The molecule has 1 heterocycles. The van der Waals surface area contributed by atoms with Gasteiger partial charge in [-0.05, 0) is 38.0 Å². The fourth-order valence-electron chi connectivity index (χ4n) is 2.54. The molecule has 114 valence electrons. The molecule has 1 aromatic carbocycles. The van der Waals surface area contributed by atoms with E-state index in [1.807, 2.05) is 25.1 Å². The molecule has 0 aromatic heterocycles. The summed E-state index contributed by atoms with van der Waals surface area (Å²) in [4.78, 5) is 12.0. The number of nitriles is 1. The Balaban J connectivity index is 1.92. The molecular formula is C17H18N2O3. The van der Waals surface area contributed by atoms with Gasteiger partial charge in [-0.2, -0.15) is 5.26 Å². The number of ether oxygens (including phenoxy) is 2. The molecule has 2 aliphatic rings. The summed E-state index contributed by atoms with van der Waals surface area (Å²) in [5, 5.41) is 12.1. The van der Waals surface area contributed by atoms with Gasteiger partial charge in [-0.15, -0.1) is 0 Å². The maximum absolute atomic E-state index is 12.0. The first-order valence-electron chi connectivity index (χ1n) is 7.41. The van der Waals surface area contributed by atoms with Crippen molar-refractivity contribution in [3.63, 3.8) is 0 Å². The van der Waals surface area contributed by atoms with Crippen molar-refractivity contribution in [1.29, 1.82) is 5.26 Å². The van der Waals surface area contributed by atoms with E-state index < -0.39 is 0 Å². The van der Waals surface area contributed by atoms with Crippen molar-refractivity contribution in [3.05, 3.63) is 28.8 Å². The number of methoxy groups -OCH3 is 1. The number of carbonyl (C=O) groups excluding carboxylic acids is 1. The van der Waals surface area contributed by atoms with Gasteiger partial charge < -0.3 is 14.8 Å². The lowest BCUT2D eigenvalue weighted by Gasteiger charge is -2.09. The summed E-state index contributed by atoms with van der Waals surface area (Å²) < 4.78 is 11.1. The lowest BCUT2D eigenvalue weighted by atomic mass is 10.0. The van der Waals surface area contributed by atoms with E-state index in [1.54, 1.807) is 13.2 Å². The smallest absolute Gasteiger partial charge is 0.262 e. The van der Waals surface area contributed by atoms with Gasteiger partial charge in [-0.25, -0.2) is 0 Å². The van der Waals surface area contributed by atoms with Gasteiger partial charge in [0, 0.05) is 23.6 Å². The third kappa shape index (κ3) is 2.91. The molecule has 3 rings (SSSR count). The molecule has 1 aliphatic heterocycles. The van der Waals surface area contributed by atoms with Crippen LogP contribution in [0.15, 0.2) is 17.7 Å². The Labute approximate surface area is 129 Å². The van der Waals surface area contributed by atoms with Crippen LogP contribution in [-0.4, -0.2) is 25.2 Å². The van der Waals surface area contributed by atoms with Crippen LogP contribution < -0.4 is 14.8 Å². The Bertz CT molecular complexity index is 684. The second-order valence-electron chi connectivity index (χ2n) is 5.75. The monoisotopic (exact) mass is 298 g/mol. The highest BCUT2D eigenvalue weighted by atomic mass is 16.5. The highest BCUT2D eigenvalue weighted by Crippen LogP contribution is 2.36. The molecule has 1 atom stereocenters. The highest BCUT2D eigenvalue weighted by Gasteiger charge is 2.25. The molecule has 1 aliphatic carbocycles. The second kappa shape index (κ2) is 5.72. The number of hydrogen-bond donors (Lipinski definition) is 1. The first-order chi connectivity index (χ1) is 10.6. The quantitative estimate of drug-likeness (QED) is 0.683. The SMILES string of the molecule is COc1cc2c(cc1/C=C(\C#N)C(=O)NC1CC1)OC(C)C2. The fourth-order valence-corrected chi connectivity index (χ4v) is 2.54. The van der Waals surface area contributed by atoms with Crippen LogP contribution in [0.5, 0.6) is 11.5 Å². The van der Waals surface area contributed by atoms with Crippen LogP contribution >= 0.6 is 0 Å². The van der Waals surface area contributed by atoms with Gasteiger partial charge in [0.15, 0.2) is 0 Å². The van der Waals surface area contributed by atoms with Crippen molar-refractivity contribution in [2.45, 2.75) is 38.3 Å². The fraction of sp³-hybridized carbons (Fsp3) is 0.412. The van der Waals surface area contributed by atoms with Crippen LogP contribution in [0.3, 0.4) is 0 Å². The Morgan fingerprint density at radius 1 is 1.50 bits per heavy atom. The van der Waals surface area contributed by atoms with E-state index in [0.717, 1.165) is 30.6 Å². The van der Waals surface area contributed by atoms with Crippen LogP contribution in [-0.2, 0) is 11.2 Å². The molecule has 1 unspecified atom stereocenters. The molecule has 1 aromatic rings. The summed E-state index contributed by atoms with van der Waals surface area (Å²) >= 11 is 0. The summed E-state index contributed by atoms with van der Waals surface area (Å²) in [6.07, 6.45) is 4.50. The van der Waals surface area contributed by atoms with Crippen LogP contribution in [0, 0.1) is 11.3 Å². The molecule has 0 saturated heterocycles. The molecule has 5 heteroatoms. The van der Waals surface area contributed by atoms with Crippen LogP contribution in [0.4, 0.5) is 0 Å². The molecule has 1 saturated carbocycles. The van der Waals surface area contributed by atoms with E-state index in [0.29, 0.717) is 11.3 Å². The van der Waals surface area contributed by atoms with Crippen LogP contribution in [0.1, 0.15) is 30.9 Å². The number of nitrogens with one attached hydrogen (secondary N) is 1. The van der Waals surface area contributed by atoms with Crippen molar-refractivity contribution in [1.82, 2.24) is 5.32 Å². The minimum Gasteiger partial charge on any atom is -0.496 e. The predicted molar refractivity (Wildman–Crippen MR) is 81.5 cm³/mol. The Morgan fingerprint density at radius 2 is 2.27 bits per heavy atom. The zero-order valence-corrected chi connectivity index (χ0v) is 12.7. The third-order valence-electron chi connectivity index (χ3n) is 3.83. The summed E-state index contributed by atoms with van der Waals surface area (Å²) in [5.74, 6) is 1.10. The molecule has 0 bridgehead atoms. The maximum atomic E-state index is 12.0. The minimum absolute atomic E-state index is 0.0798. The maximum Gasteiger partial charge on any atom is 0.262 e. The number of hydrogen-bond acceptors (Lipinski definition) is 4. The minimum atomic E-state index is -0.332. The van der Waals surface area contributed by atoms with Gasteiger partial charge in [0.05, 0.1) is 7.11 Å².